The summed E-state index contributed by atoms with van der Waals surface area (Å²) in [5.74, 6) is 2.28. The van der Waals surface area contributed by atoms with E-state index in [-0.39, 0.29) is 0 Å². The van der Waals surface area contributed by atoms with Crippen LogP contribution >= 0.6 is 11.3 Å². The van der Waals surface area contributed by atoms with Crippen molar-refractivity contribution in [2.75, 3.05) is 0 Å². The SMILES string of the molecule is CC(C)Cc1nc(C2CCCC(C)C2)sc1CNC(C)C. The molecule has 1 saturated carbocycles. The van der Waals surface area contributed by atoms with Gasteiger partial charge in [-0.15, -0.1) is 11.3 Å². The molecule has 2 atom stereocenters. The van der Waals surface area contributed by atoms with Gasteiger partial charge in [0, 0.05) is 23.4 Å². The molecule has 1 aliphatic carbocycles. The Hall–Kier alpha value is -0.410. The number of thiazole rings is 1. The Morgan fingerprint density at radius 2 is 2.00 bits per heavy atom. The van der Waals surface area contributed by atoms with Gasteiger partial charge >= 0.3 is 0 Å². The van der Waals surface area contributed by atoms with Crippen molar-refractivity contribution >= 4 is 11.3 Å². The summed E-state index contributed by atoms with van der Waals surface area (Å²) in [5.41, 5.74) is 1.36. The highest BCUT2D eigenvalue weighted by Gasteiger charge is 2.24. The molecule has 0 bridgehead atoms. The molecule has 2 rings (SSSR count). The molecule has 2 unspecified atom stereocenters. The van der Waals surface area contributed by atoms with E-state index in [4.69, 9.17) is 4.98 Å². The van der Waals surface area contributed by atoms with Gasteiger partial charge < -0.3 is 5.32 Å². The number of nitrogens with zero attached hydrogens (tertiary/aromatic N) is 1. The van der Waals surface area contributed by atoms with E-state index in [1.54, 1.807) is 0 Å². The fourth-order valence-electron chi connectivity index (χ4n) is 3.22. The summed E-state index contributed by atoms with van der Waals surface area (Å²) in [4.78, 5) is 6.54. The van der Waals surface area contributed by atoms with E-state index < -0.39 is 0 Å². The first kappa shape index (κ1) is 17.0. The van der Waals surface area contributed by atoms with Crippen molar-refractivity contribution < 1.29 is 0 Å². The monoisotopic (exact) mass is 308 g/mol. The second kappa shape index (κ2) is 7.73. The van der Waals surface area contributed by atoms with Crippen LogP contribution in [-0.2, 0) is 13.0 Å². The standard InChI is InChI=1S/C18H32N2S/c1-12(2)9-16-17(11-19-13(3)4)21-18(20-16)15-8-6-7-14(5)10-15/h12-15,19H,6-11H2,1-5H3. The van der Waals surface area contributed by atoms with Crippen LogP contribution in [0.5, 0.6) is 0 Å². The lowest BCUT2D eigenvalue weighted by Gasteiger charge is -2.24. The van der Waals surface area contributed by atoms with Gasteiger partial charge in [-0.2, -0.15) is 0 Å². The van der Waals surface area contributed by atoms with Gasteiger partial charge in [-0.25, -0.2) is 4.98 Å². The van der Waals surface area contributed by atoms with Gasteiger partial charge in [0.25, 0.3) is 0 Å². The zero-order valence-electron chi connectivity index (χ0n) is 14.4. The van der Waals surface area contributed by atoms with E-state index in [1.807, 2.05) is 11.3 Å². The molecule has 21 heavy (non-hydrogen) atoms. The average molecular weight is 309 g/mol. The molecule has 1 heterocycles. The van der Waals surface area contributed by atoms with Gasteiger partial charge in [0.05, 0.1) is 10.7 Å². The van der Waals surface area contributed by atoms with Gasteiger partial charge in [0.2, 0.25) is 0 Å². The summed E-state index contributed by atoms with van der Waals surface area (Å²) >= 11 is 1.98. The minimum Gasteiger partial charge on any atom is -0.310 e. The maximum atomic E-state index is 5.06. The van der Waals surface area contributed by atoms with Gasteiger partial charge in [-0.3, -0.25) is 0 Å². The Bertz CT molecular complexity index is 436. The van der Waals surface area contributed by atoms with Gasteiger partial charge in [-0.05, 0) is 31.1 Å². The number of rotatable bonds is 6. The summed E-state index contributed by atoms with van der Waals surface area (Å²) in [7, 11) is 0. The third kappa shape index (κ3) is 5.07. The molecule has 120 valence electrons. The molecule has 0 amide bonds. The maximum Gasteiger partial charge on any atom is 0.0962 e. The molecule has 1 aliphatic rings. The molecule has 1 N–H and O–H groups in total. The molecule has 0 saturated heterocycles. The Morgan fingerprint density at radius 3 is 2.62 bits per heavy atom. The molecule has 0 aliphatic heterocycles. The van der Waals surface area contributed by atoms with Crippen molar-refractivity contribution in [2.24, 2.45) is 11.8 Å². The highest BCUT2D eigenvalue weighted by molar-refractivity contribution is 7.11. The largest absolute Gasteiger partial charge is 0.310 e. The van der Waals surface area contributed by atoms with E-state index >= 15 is 0 Å². The van der Waals surface area contributed by atoms with Crippen LogP contribution in [0.3, 0.4) is 0 Å². The third-order valence-electron chi connectivity index (χ3n) is 4.35. The quantitative estimate of drug-likeness (QED) is 0.787. The van der Waals surface area contributed by atoms with Crippen molar-refractivity contribution in [3.05, 3.63) is 15.6 Å². The Balaban J connectivity index is 2.13. The molecule has 1 aromatic heterocycles. The predicted octanol–water partition coefficient (Wildman–Crippen LogP) is 5.13. The lowest BCUT2D eigenvalue weighted by molar-refractivity contribution is 0.343. The van der Waals surface area contributed by atoms with E-state index in [0.29, 0.717) is 12.0 Å². The second-order valence-electron chi connectivity index (χ2n) is 7.52. The molecule has 0 radical (unpaired) electrons. The van der Waals surface area contributed by atoms with E-state index in [9.17, 15) is 0 Å². The molecule has 0 aromatic carbocycles. The fourth-order valence-corrected chi connectivity index (χ4v) is 4.41. The first-order valence-corrected chi connectivity index (χ1v) is 9.49. The summed E-state index contributed by atoms with van der Waals surface area (Å²) in [6.45, 7) is 12.4. The zero-order chi connectivity index (χ0) is 15.4. The van der Waals surface area contributed by atoms with Crippen LogP contribution in [-0.4, -0.2) is 11.0 Å². The third-order valence-corrected chi connectivity index (χ3v) is 5.61. The molecular formula is C18H32N2S. The summed E-state index contributed by atoms with van der Waals surface area (Å²) in [6, 6.07) is 0.539. The van der Waals surface area contributed by atoms with Gasteiger partial charge in [0.15, 0.2) is 0 Å². The second-order valence-corrected chi connectivity index (χ2v) is 8.64. The highest BCUT2D eigenvalue weighted by atomic mass is 32.1. The predicted molar refractivity (Wildman–Crippen MR) is 93.0 cm³/mol. The van der Waals surface area contributed by atoms with Crippen LogP contribution in [0.15, 0.2) is 0 Å². The fraction of sp³-hybridized carbons (Fsp3) is 0.833. The zero-order valence-corrected chi connectivity index (χ0v) is 15.2. The van der Waals surface area contributed by atoms with E-state index in [2.05, 4.69) is 39.9 Å². The lowest BCUT2D eigenvalue weighted by Crippen LogP contribution is -2.22. The van der Waals surface area contributed by atoms with Crippen LogP contribution in [0.2, 0.25) is 0 Å². The summed E-state index contributed by atoms with van der Waals surface area (Å²) in [5, 5.41) is 4.99. The van der Waals surface area contributed by atoms with Crippen LogP contribution < -0.4 is 5.32 Å². The van der Waals surface area contributed by atoms with Crippen LogP contribution in [0.25, 0.3) is 0 Å². The molecule has 2 nitrogen and oxygen atoms in total. The summed E-state index contributed by atoms with van der Waals surface area (Å²) < 4.78 is 0. The average Bonchev–Trinajstić information content (AvgIpc) is 2.78. The summed E-state index contributed by atoms with van der Waals surface area (Å²) in [6.07, 6.45) is 6.59. The lowest BCUT2D eigenvalue weighted by atomic mass is 9.83. The molecule has 1 aromatic rings. The normalized spacial score (nSPS) is 23.2. The van der Waals surface area contributed by atoms with Crippen molar-refractivity contribution in [3.63, 3.8) is 0 Å². The molecular weight excluding hydrogens is 276 g/mol. The number of nitrogens with one attached hydrogen (secondary N) is 1. The molecule has 3 heteroatoms. The van der Waals surface area contributed by atoms with Gasteiger partial charge in [0.1, 0.15) is 0 Å². The number of hydrogen-bond donors (Lipinski definition) is 1. The van der Waals surface area contributed by atoms with Crippen LogP contribution in [0.4, 0.5) is 0 Å². The van der Waals surface area contributed by atoms with E-state index in [0.717, 1.165) is 24.8 Å². The highest BCUT2D eigenvalue weighted by Crippen LogP contribution is 2.38. The van der Waals surface area contributed by atoms with Crippen molar-refractivity contribution in [3.8, 4) is 0 Å². The Morgan fingerprint density at radius 1 is 1.24 bits per heavy atom. The van der Waals surface area contributed by atoms with Gasteiger partial charge in [-0.1, -0.05) is 47.5 Å². The Labute approximate surface area is 134 Å². The van der Waals surface area contributed by atoms with Crippen molar-refractivity contribution in [1.82, 2.24) is 10.3 Å². The van der Waals surface area contributed by atoms with Crippen molar-refractivity contribution in [2.45, 2.75) is 85.2 Å². The maximum absolute atomic E-state index is 5.06. The first-order valence-electron chi connectivity index (χ1n) is 8.67. The number of hydrogen-bond acceptors (Lipinski definition) is 3. The number of aromatic nitrogens is 1. The molecule has 0 spiro atoms. The van der Waals surface area contributed by atoms with Crippen molar-refractivity contribution in [1.29, 1.82) is 0 Å². The smallest absolute Gasteiger partial charge is 0.0962 e. The topological polar surface area (TPSA) is 24.9 Å². The van der Waals surface area contributed by atoms with Crippen LogP contribution in [0.1, 0.15) is 81.8 Å². The Kier molecular flexibility index (Phi) is 6.24. The first-order chi connectivity index (χ1) is 9.95. The molecule has 1 fully saturated rings. The van der Waals surface area contributed by atoms with E-state index in [1.165, 1.54) is 41.3 Å². The van der Waals surface area contributed by atoms with Crippen LogP contribution in [0, 0.1) is 11.8 Å². The minimum absolute atomic E-state index is 0.539. The minimum atomic E-state index is 0.539.